The number of nitrogens with one attached hydrogen (secondary N) is 1. The highest BCUT2D eigenvalue weighted by molar-refractivity contribution is 7.98. The third-order valence-electron chi connectivity index (χ3n) is 2.36. The van der Waals surface area contributed by atoms with Gasteiger partial charge < -0.3 is 10.4 Å². The average Bonchev–Trinajstić information content (AvgIpc) is 2.21. The maximum absolute atomic E-state index is 10.0. The lowest BCUT2D eigenvalue weighted by Crippen LogP contribution is -2.36. The molecule has 17 heavy (non-hydrogen) atoms. The van der Waals surface area contributed by atoms with Crippen molar-refractivity contribution in [1.29, 1.82) is 0 Å². The van der Waals surface area contributed by atoms with E-state index in [-0.39, 0.29) is 0 Å². The third-order valence-corrected chi connectivity index (χ3v) is 3.53. The fraction of sp³-hybridized carbons (Fsp3) is 0.636. The quantitative estimate of drug-likeness (QED) is 0.863. The molecule has 0 saturated carbocycles. The third kappa shape index (κ3) is 4.33. The molecule has 0 radical (unpaired) electrons. The van der Waals surface area contributed by atoms with Gasteiger partial charge in [0.15, 0.2) is 11.0 Å². The minimum atomic E-state index is -0.788. The molecule has 0 aliphatic rings. The lowest BCUT2D eigenvalue weighted by Gasteiger charge is -2.23. The Labute approximate surface area is 111 Å². The Hall–Kier alpha value is -0.520. The first kappa shape index (κ1) is 14.5. The molecule has 0 saturated heterocycles. The number of halogens is 1. The Morgan fingerprint density at radius 3 is 2.53 bits per heavy atom. The zero-order valence-corrected chi connectivity index (χ0v) is 12.1. The van der Waals surface area contributed by atoms with Crippen molar-refractivity contribution in [3.63, 3.8) is 0 Å². The van der Waals surface area contributed by atoms with E-state index < -0.39 is 5.60 Å². The van der Waals surface area contributed by atoms with E-state index in [2.05, 4.69) is 15.3 Å². The fourth-order valence-electron chi connectivity index (χ4n) is 1.32. The number of hydrogen-bond acceptors (Lipinski definition) is 5. The average molecular weight is 276 g/mol. The summed E-state index contributed by atoms with van der Waals surface area (Å²) < 4.78 is 0. The summed E-state index contributed by atoms with van der Waals surface area (Å²) in [5, 5.41) is 13.4. The van der Waals surface area contributed by atoms with Crippen LogP contribution in [-0.2, 0) is 0 Å². The van der Waals surface area contributed by atoms with Crippen LogP contribution in [-0.4, -0.2) is 39.2 Å². The van der Waals surface area contributed by atoms with E-state index in [4.69, 9.17) is 11.6 Å². The highest BCUT2D eigenvalue weighted by Crippen LogP contribution is 2.20. The number of hydrogen-bond donors (Lipinski definition) is 2. The van der Waals surface area contributed by atoms with Gasteiger partial charge in [-0.3, -0.25) is 0 Å². The van der Waals surface area contributed by atoms with Crippen molar-refractivity contribution < 1.29 is 5.11 Å². The second-order valence-electron chi connectivity index (χ2n) is 4.32. The molecule has 0 bridgehead atoms. The number of rotatable bonds is 5. The fourth-order valence-corrected chi connectivity index (χ4v) is 2.28. The molecule has 1 aromatic rings. The summed E-state index contributed by atoms with van der Waals surface area (Å²) in [5.74, 6) is 1.17. The molecule has 1 heterocycles. The van der Waals surface area contributed by atoms with Gasteiger partial charge in [-0.05, 0) is 27.0 Å². The van der Waals surface area contributed by atoms with Gasteiger partial charge in [-0.1, -0.05) is 11.6 Å². The van der Waals surface area contributed by atoms with Crippen LogP contribution in [0.25, 0.3) is 0 Å². The number of aryl methyl sites for hydroxylation is 2. The van der Waals surface area contributed by atoms with E-state index in [0.717, 1.165) is 11.4 Å². The van der Waals surface area contributed by atoms with E-state index in [1.807, 2.05) is 20.1 Å². The zero-order chi connectivity index (χ0) is 13.1. The number of aromatic nitrogens is 2. The Balaban J connectivity index is 2.73. The summed E-state index contributed by atoms with van der Waals surface area (Å²) in [6.45, 7) is 5.91. The molecule has 0 aliphatic carbocycles. The topological polar surface area (TPSA) is 58.0 Å². The summed E-state index contributed by atoms with van der Waals surface area (Å²) in [6.07, 6.45) is 1.96. The molecule has 0 amide bonds. The summed E-state index contributed by atoms with van der Waals surface area (Å²) >= 11 is 7.58. The van der Waals surface area contributed by atoms with E-state index in [0.29, 0.717) is 23.3 Å². The number of thioether (sulfide) groups is 1. The van der Waals surface area contributed by atoms with E-state index in [9.17, 15) is 5.11 Å². The molecule has 4 nitrogen and oxygen atoms in total. The number of nitrogens with zero attached hydrogens (tertiary/aromatic N) is 2. The van der Waals surface area contributed by atoms with Gasteiger partial charge in [0.05, 0.1) is 17.0 Å². The van der Waals surface area contributed by atoms with Gasteiger partial charge in [0.2, 0.25) is 0 Å². The van der Waals surface area contributed by atoms with Gasteiger partial charge in [-0.15, -0.1) is 0 Å². The van der Waals surface area contributed by atoms with E-state index in [1.54, 1.807) is 18.7 Å². The van der Waals surface area contributed by atoms with Crippen LogP contribution in [0.3, 0.4) is 0 Å². The molecule has 96 valence electrons. The van der Waals surface area contributed by atoms with Crippen LogP contribution in [0.4, 0.5) is 5.82 Å². The van der Waals surface area contributed by atoms with Crippen LogP contribution in [0.2, 0.25) is 5.15 Å². The van der Waals surface area contributed by atoms with Crippen LogP contribution in [0, 0.1) is 13.8 Å². The first-order valence-corrected chi connectivity index (χ1v) is 7.09. The molecule has 6 heteroatoms. The molecule has 0 fully saturated rings. The lowest BCUT2D eigenvalue weighted by molar-refractivity contribution is 0.0996. The maximum atomic E-state index is 10.0. The Bertz CT molecular complexity index is 399. The predicted molar refractivity (Wildman–Crippen MR) is 74.0 cm³/mol. The number of aliphatic hydroxyl groups is 1. The predicted octanol–water partition coefficient (Wildman–Crippen LogP) is 2.27. The van der Waals surface area contributed by atoms with Crippen molar-refractivity contribution in [1.82, 2.24) is 9.97 Å². The highest BCUT2D eigenvalue weighted by Gasteiger charge is 2.20. The Morgan fingerprint density at radius 1 is 1.35 bits per heavy atom. The van der Waals surface area contributed by atoms with Gasteiger partial charge in [0, 0.05) is 12.3 Å². The number of anilines is 1. The van der Waals surface area contributed by atoms with Crippen LogP contribution < -0.4 is 5.32 Å². The van der Waals surface area contributed by atoms with Gasteiger partial charge in [-0.2, -0.15) is 11.8 Å². The highest BCUT2D eigenvalue weighted by atomic mass is 35.5. The van der Waals surface area contributed by atoms with Gasteiger partial charge in [0.1, 0.15) is 0 Å². The van der Waals surface area contributed by atoms with Crippen LogP contribution in [0.1, 0.15) is 18.3 Å². The van der Waals surface area contributed by atoms with Crippen molar-refractivity contribution in [3.05, 3.63) is 16.5 Å². The molecule has 0 spiro atoms. The van der Waals surface area contributed by atoms with Crippen molar-refractivity contribution in [2.45, 2.75) is 26.4 Å². The largest absolute Gasteiger partial charge is 0.387 e. The molecule has 1 atom stereocenters. The first-order chi connectivity index (χ1) is 7.85. The summed E-state index contributed by atoms with van der Waals surface area (Å²) in [4.78, 5) is 8.49. The SMILES string of the molecule is CSCC(C)(O)CNc1nc(C)c(C)nc1Cl. The van der Waals surface area contributed by atoms with E-state index in [1.165, 1.54) is 0 Å². The van der Waals surface area contributed by atoms with Gasteiger partial charge in [-0.25, -0.2) is 9.97 Å². The zero-order valence-electron chi connectivity index (χ0n) is 10.5. The van der Waals surface area contributed by atoms with Crippen LogP contribution >= 0.6 is 23.4 Å². The summed E-state index contributed by atoms with van der Waals surface area (Å²) in [7, 11) is 0. The molecular weight excluding hydrogens is 258 g/mol. The molecule has 1 rings (SSSR count). The van der Waals surface area contributed by atoms with Crippen molar-refractivity contribution in [3.8, 4) is 0 Å². The molecule has 0 aromatic carbocycles. The minimum Gasteiger partial charge on any atom is -0.387 e. The molecule has 1 aromatic heterocycles. The lowest BCUT2D eigenvalue weighted by atomic mass is 10.1. The monoisotopic (exact) mass is 275 g/mol. The summed E-state index contributed by atoms with van der Waals surface area (Å²) in [5.41, 5.74) is 0.862. The van der Waals surface area contributed by atoms with Gasteiger partial charge in [0.25, 0.3) is 0 Å². The standard InChI is InChI=1S/C11H18ClN3OS/c1-7-8(2)15-10(9(12)14-7)13-5-11(3,16)6-17-4/h16H,5-6H2,1-4H3,(H,13,15). The molecule has 2 N–H and O–H groups in total. The molecule has 1 unspecified atom stereocenters. The maximum Gasteiger partial charge on any atom is 0.171 e. The van der Waals surface area contributed by atoms with Crippen molar-refractivity contribution in [2.24, 2.45) is 0 Å². The normalized spacial score (nSPS) is 14.5. The van der Waals surface area contributed by atoms with Crippen molar-refractivity contribution >= 4 is 29.2 Å². The Morgan fingerprint density at radius 2 is 1.94 bits per heavy atom. The van der Waals surface area contributed by atoms with Crippen LogP contribution in [0.5, 0.6) is 0 Å². The Kier molecular flexibility index (Phi) is 5.04. The second-order valence-corrected chi connectivity index (χ2v) is 5.54. The smallest absolute Gasteiger partial charge is 0.171 e. The second kappa shape index (κ2) is 5.89. The van der Waals surface area contributed by atoms with Crippen LogP contribution in [0.15, 0.2) is 0 Å². The van der Waals surface area contributed by atoms with Crippen molar-refractivity contribution in [2.75, 3.05) is 23.9 Å². The first-order valence-electron chi connectivity index (χ1n) is 5.31. The minimum absolute atomic E-state index is 0.341. The summed E-state index contributed by atoms with van der Waals surface area (Å²) in [6, 6.07) is 0. The molecular formula is C11H18ClN3OS. The molecule has 0 aliphatic heterocycles. The van der Waals surface area contributed by atoms with Gasteiger partial charge >= 0.3 is 0 Å². The van der Waals surface area contributed by atoms with E-state index >= 15 is 0 Å².